The standard InChI is InChI=1S/C19H39NOS/c1-3-4-5-6-7-8-9-10-11-12-13-14-15-16-17-18(2)21-19(20)22/h18H,3-17H2,1-2H3,(H2,20,22). The third-order valence-corrected chi connectivity index (χ3v) is 4.38. The second-order valence-electron chi connectivity index (χ2n) is 6.63. The fourth-order valence-corrected chi connectivity index (χ4v) is 3.05. The van der Waals surface area contributed by atoms with Crippen molar-refractivity contribution in [3.8, 4) is 0 Å². The van der Waals surface area contributed by atoms with Gasteiger partial charge in [0.15, 0.2) is 0 Å². The molecule has 0 aromatic rings. The van der Waals surface area contributed by atoms with Crippen LogP contribution in [-0.2, 0) is 4.74 Å². The van der Waals surface area contributed by atoms with Crippen molar-refractivity contribution in [3.05, 3.63) is 0 Å². The van der Waals surface area contributed by atoms with Gasteiger partial charge in [0.05, 0.1) is 6.10 Å². The molecule has 0 saturated heterocycles. The molecule has 0 aliphatic heterocycles. The van der Waals surface area contributed by atoms with E-state index in [9.17, 15) is 0 Å². The van der Waals surface area contributed by atoms with Gasteiger partial charge in [-0.1, -0.05) is 90.4 Å². The topological polar surface area (TPSA) is 35.2 Å². The van der Waals surface area contributed by atoms with Crippen LogP contribution in [0.3, 0.4) is 0 Å². The number of rotatable bonds is 16. The third kappa shape index (κ3) is 17.7. The summed E-state index contributed by atoms with van der Waals surface area (Å²) in [4.78, 5) is 0. The number of ether oxygens (including phenoxy) is 1. The molecule has 0 aromatic carbocycles. The summed E-state index contributed by atoms with van der Waals surface area (Å²) in [6.07, 6.45) is 20.8. The lowest BCUT2D eigenvalue weighted by atomic mass is 10.0. The molecule has 0 saturated carbocycles. The largest absolute Gasteiger partial charge is 0.468 e. The van der Waals surface area contributed by atoms with E-state index in [1.165, 1.54) is 89.9 Å². The van der Waals surface area contributed by atoms with Crippen molar-refractivity contribution in [1.29, 1.82) is 0 Å². The predicted molar refractivity (Wildman–Crippen MR) is 102 cm³/mol. The fourth-order valence-electron chi connectivity index (χ4n) is 2.88. The number of unbranched alkanes of at least 4 members (excludes halogenated alkanes) is 13. The van der Waals surface area contributed by atoms with Crippen LogP contribution < -0.4 is 5.73 Å². The predicted octanol–water partition coefficient (Wildman–Crippen LogP) is 6.51. The molecule has 0 amide bonds. The highest BCUT2D eigenvalue weighted by atomic mass is 32.1. The lowest BCUT2D eigenvalue weighted by Gasteiger charge is -2.12. The molecule has 0 rings (SSSR count). The van der Waals surface area contributed by atoms with E-state index in [0.717, 1.165) is 6.42 Å². The van der Waals surface area contributed by atoms with E-state index in [1.807, 2.05) is 6.92 Å². The summed E-state index contributed by atoms with van der Waals surface area (Å²) in [7, 11) is 0. The first-order valence-electron chi connectivity index (χ1n) is 9.63. The Labute approximate surface area is 144 Å². The first kappa shape index (κ1) is 21.7. The molecule has 0 aliphatic rings. The zero-order valence-electron chi connectivity index (χ0n) is 15.1. The number of thiocarbonyl (C=S) groups is 1. The molecule has 0 fully saturated rings. The van der Waals surface area contributed by atoms with Gasteiger partial charge in [0.1, 0.15) is 0 Å². The van der Waals surface area contributed by atoms with Crippen molar-refractivity contribution in [3.63, 3.8) is 0 Å². The monoisotopic (exact) mass is 329 g/mol. The van der Waals surface area contributed by atoms with Crippen LogP contribution in [0.4, 0.5) is 0 Å². The molecule has 0 heterocycles. The van der Waals surface area contributed by atoms with Gasteiger partial charge in [0.2, 0.25) is 0 Å². The first-order valence-corrected chi connectivity index (χ1v) is 10.0. The van der Waals surface area contributed by atoms with Crippen molar-refractivity contribution in [2.45, 2.75) is 116 Å². The Morgan fingerprint density at radius 2 is 1.14 bits per heavy atom. The Morgan fingerprint density at radius 1 is 0.773 bits per heavy atom. The van der Waals surface area contributed by atoms with Crippen LogP contribution in [-0.4, -0.2) is 11.3 Å². The van der Waals surface area contributed by atoms with Crippen LogP contribution in [0.1, 0.15) is 110 Å². The Morgan fingerprint density at radius 3 is 1.50 bits per heavy atom. The Kier molecular flexibility index (Phi) is 16.8. The number of nitrogens with two attached hydrogens (primary N) is 1. The normalized spacial score (nSPS) is 12.3. The average molecular weight is 330 g/mol. The van der Waals surface area contributed by atoms with Crippen LogP contribution >= 0.6 is 12.2 Å². The van der Waals surface area contributed by atoms with Gasteiger partial charge in [-0.15, -0.1) is 0 Å². The van der Waals surface area contributed by atoms with Gasteiger partial charge in [0, 0.05) is 0 Å². The Bertz CT molecular complexity index is 246. The SMILES string of the molecule is CCCCCCCCCCCCCCCCC(C)OC(N)=S. The quantitative estimate of drug-likeness (QED) is 0.259. The van der Waals surface area contributed by atoms with Crippen molar-refractivity contribution in [2.24, 2.45) is 5.73 Å². The van der Waals surface area contributed by atoms with Gasteiger partial charge in [-0.3, -0.25) is 0 Å². The molecule has 1 unspecified atom stereocenters. The smallest absolute Gasteiger partial charge is 0.254 e. The average Bonchev–Trinajstić information content (AvgIpc) is 2.47. The summed E-state index contributed by atoms with van der Waals surface area (Å²) in [6.45, 7) is 4.32. The number of hydrogen-bond acceptors (Lipinski definition) is 2. The van der Waals surface area contributed by atoms with E-state index in [-0.39, 0.29) is 11.3 Å². The molecule has 0 radical (unpaired) electrons. The third-order valence-electron chi connectivity index (χ3n) is 4.28. The second-order valence-corrected chi connectivity index (χ2v) is 7.03. The van der Waals surface area contributed by atoms with Crippen molar-refractivity contribution < 1.29 is 4.74 Å². The van der Waals surface area contributed by atoms with E-state index in [1.54, 1.807) is 0 Å². The minimum Gasteiger partial charge on any atom is -0.468 e. The molecule has 0 spiro atoms. The molecule has 2 nitrogen and oxygen atoms in total. The zero-order chi connectivity index (χ0) is 16.5. The van der Waals surface area contributed by atoms with Crippen molar-refractivity contribution in [2.75, 3.05) is 0 Å². The van der Waals surface area contributed by atoms with Crippen LogP contribution in [0.15, 0.2) is 0 Å². The molecule has 1 atom stereocenters. The molecule has 0 aromatic heterocycles. The molecule has 0 bridgehead atoms. The van der Waals surface area contributed by atoms with Crippen LogP contribution in [0.5, 0.6) is 0 Å². The maximum Gasteiger partial charge on any atom is 0.254 e. The van der Waals surface area contributed by atoms with E-state index >= 15 is 0 Å². The van der Waals surface area contributed by atoms with Gasteiger partial charge in [0.25, 0.3) is 5.17 Å². The second kappa shape index (κ2) is 17.1. The Balaban J connectivity index is 3.07. The highest BCUT2D eigenvalue weighted by Crippen LogP contribution is 2.14. The van der Waals surface area contributed by atoms with E-state index in [0.29, 0.717) is 0 Å². The summed E-state index contributed by atoms with van der Waals surface area (Å²) in [6, 6.07) is 0. The molecule has 0 aliphatic carbocycles. The van der Waals surface area contributed by atoms with Gasteiger partial charge in [-0.25, -0.2) is 0 Å². The van der Waals surface area contributed by atoms with E-state index in [4.69, 9.17) is 22.7 Å². The minimum absolute atomic E-state index is 0.176. The Hall–Kier alpha value is -0.310. The molecule has 22 heavy (non-hydrogen) atoms. The highest BCUT2D eigenvalue weighted by molar-refractivity contribution is 7.80. The molecule has 3 heteroatoms. The highest BCUT2D eigenvalue weighted by Gasteiger charge is 2.03. The maximum atomic E-state index is 5.35. The summed E-state index contributed by atoms with van der Waals surface area (Å²) >= 11 is 4.73. The first-order chi connectivity index (χ1) is 10.7. The maximum absolute atomic E-state index is 5.35. The van der Waals surface area contributed by atoms with E-state index in [2.05, 4.69) is 6.92 Å². The van der Waals surface area contributed by atoms with Gasteiger partial charge in [-0.2, -0.15) is 0 Å². The van der Waals surface area contributed by atoms with Crippen LogP contribution in [0.25, 0.3) is 0 Å². The summed E-state index contributed by atoms with van der Waals surface area (Å²) in [5, 5.41) is 0.179. The van der Waals surface area contributed by atoms with Gasteiger partial charge < -0.3 is 10.5 Å². The van der Waals surface area contributed by atoms with Crippen molar-refractivity contribution >= 4 is 17.4 Å². The van der Waals surface area contributed by atoms with Crippen LogP contribution in [0, 0.1) is 0 Å². The van der Waals surface area contributed by atoms with Gasteiger partial charge in [-0.05, 0) is 32.0 Å². The van der Waals surface area contributed by atoms with Crippen LogP contribution in [0.2, 0.25) is 0 Å². The summed E-state index contributed by atoms with van der Waals surface area (Å²) < 4.78 is 5.27. The molecular formula is C19H39NOS. The summed E-state index contributed by atoms with van der Waals surface area (Å²) in [5.74, 6) is 0. The fraction of sp³-hybridized carbons (Fsp3) is 0.947. The van der Waals surface area contributed by atoms with E-state index < -0.39 is 0 Å². The zero-order valence-corrected chi connectivity index (χ0v) is 15.9. The molecule has 2 N–H and O–H groups in total. The lowest BCUT2D eigenvalue weighted by molar-refractivity contribution is 0.196. The number of hydrogen-bond donors (Lipinski definition) is 1. The summed E-state index contributed by atoms with van der Waals surface area (Å²) in [5.41, 5.74) is 5.35. The van der Waals surface area contributed by atoms with Gasteiger partial charge >= 0.3 is 0 Å². The lowest BCUT2D eigenvalue weighted by Crippen LogP contribution is -2.19. The molecule has 132 valence electrons. The van der Waals surface area contributed by atoms with Crippen molar-refractivity contribution in [1.82, 2.24) is 0 Å². The molecular weight excluding hydrogens is 290 g/mol. The minimum atomic E-state index is 0.176.